The van der Waals surface area contributed by atoms with E-state index in [1.54, 1.807) is 6.20 Å². The number of ether oxygens (including phenoxy) is 1. The molecule has 2 saturated carbocycles. The lowest BCUT2D eigenvalue weighted by Gasteiger charge is -2.35. The third-order valence-electron chi connectivity index (χ3n) is 8.42. The lowest BCUT2D eigenvalue weighted by molar-refractivity contribution is -0.128. The van der Waals surface area contributed by atoms with Crippen LogP contribution in [0, 0.1) is 16.7 Å². The zero-order chi connectivity index (χ0) is 29.1. The number of hydrogen-bond donors (Lipinski definition) is 2. The number of amides is 2. The van der Waals surface area contributed by atoms with Crippen LogP contribution < -0.4 is 15.0 Å². The van der Waals surface area contributed by atoms with E-state index in [0.717, 1.165) is 41.9 Å². The molecule has 3 atom stereocenters. The molecule has 0 radical (unpaired) electrons. The number of fused-ring (bicyclic) bond motifs is 2. The summed E-state index contributed by atoms with van der Waals surface area (Å²) < 4.78 is 36.7. The van der Waals surface area contributed by atoms with Crippen molar-refractivity contribution in [1.29, 1.82) is 0 Å². The molecule has 2 aliphatic carbocycles. The van der Waals surface area contributed by atoms with Gasteiger partial charge in [-0.3, -0.25) is 24.3 Å². The fraction of sp³-hybridized carbons (Fsp3) is 0.500. The standard InChI is InChI=1S/C18H19N3O3S.C10H16O4S/c1-21(16-4-2-3-9-19-16)10-11-24-14-7-5-13(6-8-14)12-15-17(22)20-18(23)25-15;1-9(2)7-3-4-10(9,8(11)5-7)6-15(12,13)14/h2-9,15H,10-12H2,1H3,(H,20,22,23);7H,3-6H2,1-2H3,(H,12,13,14)/t;7-,10+/m.0/s1. The summed E-state index contributed by atoms with van der Waals surface area (Å²) in [7, 11) is -2.10. The Bertz CT molecular complexity index is 1350. The summed E-state index contributed by atoms with van der Waals surface area (Å²) in [4.78, 5) is 41.0. The number of aromatic nitrogens is 1. The van der Waals surface area contributed by atoms with Crippen molar-refractivity contribution < 1.29 is 32.1 Å². The smallest absolute Gasteiger partial charge is 0.286 e. The Labute approximate surface area is 239 Å². The molecule has 1 aromatic carbocycles. The Morgan fingerprint density at radius 1 is 1.15 bits per heavy atom. The van der Waals surface area contributed by atoms with E-state index < -0.39 is 21.3 Å². The minimum atomic E-state index is -4.08. The Morgan fingerprint density at radius 2 is 1.88 bits per heavy atom. The fourth-order valence-corrected chi connectivity index (χ4v) is 8.04. The molecule has 1 aliphatic heterocycles. The summed E-state index contributed by atoms with van der Waals surface area (Å²) >= 11 is 1.05. The number of nitrogens with zero attached hydrogens (tertiary/aromatic N) is 2. The molecule has 5 rings (SSSR count). The van der Waals surface area contributed by atoms with Crippen LogP contribution in [0.3, 0.4) is 0 Å². The monoisotopic (exact) mass is 589 g/mol. The van der Waals surface area contributed by atoms with Crippen LogP contribution in [-0.2, 0) is 26.1 Å². The maximum atomic E-state index is 11.9. The highest BCUT2D eigenvalue weighted by atomic mass is 32.2. The molecule has 3 fully saturated rings. The largest absolute Gasteiger partial charge is 0.492 e. The number of imide groups is 1. The normalized spacial score (nSPS) is 24.9. The van der Waals surface area contributed by atoms with Crippen LogP contribution in [0.2, 0.25) is 0 Å². The first kappa shape index (κ1) is 30.0. The van der Waals surface area contributed by atoms with Gasteiger partial charge in [0, 0.05) is 19.7 Å². The second kappa shape index (κ2) is 11.9. The molecule has 12 heteroatoms. The van der Waals surface area contributed by atoms with E-state index in [9.17, 15) is 22.8 Å². The van der Waals surface area contributed by atoms with Crippen LogP contribution in [0.5, 0.6) is 5.75 Å². The van der Waals surface area contributed by atoms with Gasteiger partial charge < -0.3 is 9.64 Å². The number of thioether (sulfide) groups is 1. The molecule has 1 aromatic heterocycles. The molecule has 1 saturated heterocycles. The van der Waals surface area contributed by atoms with Crippen molar-refractivity contribution in [1.82, 2.24) is 10.3 Å². The second-order valence-electron chi connectivity index (χ2n) is 11.1. The molecular weight excluding hydrogens is 554 g/mol. The van der Waals surface area contributed by atoms with E-state index in [0.29, 0.717) is 25.9 Å². The van der Waals surface area contributed by atoms with Gasteiger partial charge in [0.05, 0.1) is 23.0 Å². The third kappa shape index (κ3) is 6.67. The lowest BCUT2D eigenvalue weighted by Crippen LogP contribution is -2.42. The number of carbonyl (C=O) groups excluding carboxylic acids is 3. The van der Waals surface area contributed by atoms with Crippen molar-refractivity contribution in [2.75, 3.05) is 30.9 Å². The summed E-state index contributed by atoms with van der Waals surface area (Å²) in [5.41, 5.74) is -0.120. The van der Waals surface area contributed by atoms with E-state index in [2.05, 4.69) is 10.3 Å². The summed E-state index contributed by atoms with van der Waals surface area (Å²) in [6.45, 7) is 5.16. The van der Waals surface area contributed by atoms with Crippen molar-refractivity contribution >= 4 is 44.6 Å². The van der Waals surface area contributed by atoms with Crippen molar-refractivity contribution in [2.45, 2.75) is 44.8 Å². The first-order valence-corrected chi connectivity index (χ1v) is 15.6. The quantitative estimate of drug-likeness (QED) is 0.415. The van der Waals surface area contributed by atoms with Crippen molar-refractivity contribution in [3.63, 3.8) is 0 Å². The molecule has 2 aromatic rings. The van der Waals surface area contributed by atoms with Gasteiger partial charge >= 0.3 is 0 Å². The number of Topliss-reactive ketones (excluding diaryl/α,β-unsaturated/α-hetero) is 1. The van der Waals surface area contributed by atoms with E-state index in [-0.39, 0.29) is 33.5 Å². The van der Waals surface area contributed by atoms with E-state index >= 15 is 0 Å². The number of benzene rings is 1. The van der Waals surface area contributed by atoms with Gasteiger partial charge in [0.1, 0.15) is 24.0 Å². The van der Waals surface area contributed by atoms with Gasteiger partial charge in [-0.05, 0) is 60.4 Å². The number of anilines is 1. The molecule has 40 heavy (non-hydrogen) atoms. The van der Waals surface area contributed by atoms with E-state index in [1.165, 1.54) is 0 Å². The zero-order valence-electron chi connectivity index (χ0n) is 22.8. The van der Waals surface area contributed by atoms with Gasteiger partial charge in [0.2, 0.25) is 5.91 Å². The van der Waals surface area contributed by atoms with Crippen molar-refractivity contribution in [2.24, 2.45) is 16.7 Å². The Hall–Kier alpha value is -2.96. The summed E-state index contributed by atoms with van der Waals surface area (Å²) in [6, 6.07) is 13.4. The minimum absolute atomic E-state index is 0.0152. The molecule has 2 bridgehead atoms. The predicted octanol–water partition coefficient (Wildman–Crippen LogP) is 3.76. The van der Waals surface area contributed by atoms with Crippen LogP contribution in [0.4, 0.5) is 10.6 Å². The Balaban J connectivity index is 0.000000210. The predicted molar refractivity (Wildman–Crippen MR) is 153 cm³/mol. The number of hydrogen-bond acceptors (Lipinski definition) is 9. The number of nitrogens with one attached hydrogen (secondary N) is 1. The molecule has 0 spiro atoms. The summed E-state index contributed by atoms with van der Waals surface area (Å²) in [5.74, 6) is 1.37. The van der Waals surface area contributed by atoms with Gasteiger partial charge in [-0.1, -0.05) is 43.8 Å². The Kier molecular flexibility index (Phi) is 8.91. The minimum Gasteiger partial charge on any atom is -0.492 e. The topological polar surface area (TPSA) is 143 Å². The van der Waals surface area contributed by atoms with Crippen LogP contribution in [0.1, 0.15) is 38.7 Å². The molecule has 2 amide bonds. The Morgan fingerprint density at radius 3 is 2.40 bits per heavy atom. The number of pyridine rings is 1. The molecule has 2 heterocycles. The van der Waals surface area contributed by atoms with Crippen LogP contribution in [0.15, 0.2) is 48.7 Å². The van der Waals surface area contributed by atoms with Gasteiger partial charge in [0.15, 0.2) is 0 Å². The molecule has 2 N–H and O–H groups in total. The number of rotatable bonds is 9. The number of likely N-dealkylation sites (N-methyl/N-ethyl adjacent to an activating group) is 1. The number of ketones is 1. The van der Waals surface area contributed by atoms with Gasteiger partial charge in [-0.2, -0.15) is 8.42 Å². The third-order valence-corrected chi connectivity index (χ3v) is 10.3. The first-order chi connectivity index (χ1) is 18.8. The molecule has 216 valence electrons. The molecule has 1 unspecified atom stereocenters. The first-order valence-electron chi connectivity index (χ1n) is 13.1. The maximum Gasteiger partial charge on any atom is 0.286 e. The summed E-state index contributed by atoms with van der Waals surface area (Å²) in [6.07, 6.45) is 4.27. The second-order valence-corrected chi connectivity index (χ2v) is 13.7. The summed E-state index contributed by atoms with van der Waals surface area (Å²) in [5, 5.41) is 1.69. The van der Waals surface area contributed by atoms with Crippen molar-refractivity contribution in [3.8, 4) is 5.75 Å². The highest BCUT2D eigenvalue weighted by molar-refractivity contribution is 8.15. The van der Waals surface area contributed by atoms with Crippen molar-refractivity contribution in [3.05, 3.63) is 54.2 Å². The highest BCUT2D eigenvalue weighted by Crippen LogP contribution is 2.64. The van der Waals surface area contributed by atoms with Gasteiger partial charge in [-0.15, -0.1) is 0 Å². The van der Waals surface area contributed by atoms with Crippen LogP contribution in [0.25, 0.3) is 0 Å². The molecular formula is C28H35N3O7S2. The number of carbonyl (C=O) groups is 3. The molecule has 3 aliphatic rings. The molecule has 10 nitrogen and oxygen atoms in total. The van der Waals surface area contributed by atoms with E-state index in [4.69, 9.17) is 9.29 Å². The van der Waals surface area contributed by atoms with Gasteiger partial charge in [-0.25, -0.2) is 4.98 Å². The van der Waals surface area contributed by atoms with Gasteiger partial charge in [0.25, 0.3) is 15.4 Å². The lowest BCUT2D eigenvalue weighted by atomic mass is 9.70. The van der Waals surface area contributed by atoms with E-state index in [1.807, 2.05) is 68.3 Å². The average molecular weight is 590 g/mol. The highest BCUT2D eigenvalue weighted by Gasteiger charge is 2.65. The average Bonchev–Trinajstić information content (AvgIpc) is 3.40. The van der Waals surface area contributed by atoms with Crippen LogP contribution in [-0.4, -0.2) is 66.1 Å². The SMILES string of the molecule is CC1(C)[C@H]2CC[C@@]1(CS(=O)(=O)O)C(=O)C2.CN(CCOc1ccc(CC2SC(=O)NC2=O)cc1)c1ccccn1. The van der Waals surface area contributed by atoms with Crippen LogP contribution >= 0.6 is 11.8 Å². The zero-order valence-corrected chi connectivity index (χ0v) is 24.5. The fourth-order valence-electron chi connectivity index (χ4n) is 5.88. The maximum absolute atomic E-state index is 11.9.